The minimum absolute atomic E-state index is 0. The largest absolute Gasteiger partial charge is 0.370 e. The summed E-state index contributed by atoms with van der Waals surface area (Å²) in [5.41, 5.74) is 10.8. The van der Waals surface area contributed by atoms with Crippen LogP contribution in [0, 0.1) is 0 Å². The fourth-order valence-corrected chi connectivity index (χ4v) is 3.69. The molecule has 7 nitrogen and oxygen atoms in total. The maximum absolute atomic E-state index is 11.6. The van der Waals surface area contributed by atoms with Crippen molar-refractivity contribution in [3.8, 4) is 0 Å². The zero-order chi connectivity index (χ0) is 13.4. The molecule has 1 fully saturated rings. The predicted octanol–water partition coefficient (Wildman–Crippen LogP) is -0.691. The van der Waals surface area contributed by atoms with Gasteiger partial charge in [0.25, 0.3) is 0 Å². The number of halogens is 1. The summed E-state index contributed by atoms with van der Waals surface area (Å²) in [7, 11) is -3.18. The lowest BCUT2D eigenvalue weighted by atomic mass is 10.00. The molecule has 9 heteroatoms. The Hall–Kier alpha value is -0.830. The van der Waals surface area contributed by atoms with Gasteiger partial charge in [-0.15, -0.1) is 12.4 Å². The topological polar surface area (TPSA) is 114 Å². The Kier molecular flexibility index (Phi) is 4.83. The van der Waals surface area contributed by atoms with E-state index in [1.807, 2.05) is 0 Å². The summed E-state index contributed by atoms with van der Waals surface area (Å²) >= 11 is 0. The third-order valence-corrected chi connectivity index (χ3v) is 4.58. The van der Waals surface area contributed by atoms with Crippen LogP contribution in [-0.2, 0) is 10.0 Å². The van der Waals surface area contributed by atoms with Crippen molar-refractivity contribution in [1.82, 2.24) is 9.62 Å². The van der Waals surface area contributed by atoms with E-state index >= 15 is 0 Å². The van der Waals surface area contributed by atoms with Crippen molar-refractivity contribution >= 4 is 28.4 Å². The molecule has 1 saturated heterocycles. The number of nitrogens with two attached hydrogens (primary N) is 2. The molecule has 110 valence electrons. The first kappa shape index (κ1) is 16.2. The van der Waals surface area contributed by atoms with Gasteiger partial charge in [0, 0.05) is 25.2 Å². The summed E-state index contributed by atoms with van der Waals surface area (Å²) in [6.07, 6.45) is 6.69. The van der Waals surface area contributed by atoms with Gasteiger partial charge >= 0.3 is 0 Å². The summed E-state index contributed by atoms with van der Waals surface area (Å²) in [6, 6.07) is -0.107. The molecule has 5 N–H and O–H groups in total. The van der Waals surface area contributed by atoms with E-state index in [9.17, 15) is 8.42 Å². The van der Waals surface area contributed by atoms with Gasteiger partial charge in [-0.25, -0.2) is 13.4 Å². The van der Waals surface area contributed by atoms with Crippen molar-refractivity contribution in [3.05, 3.63) is 12.3 Å². The molecular weight excluding hydrogens is 290 g/mol. The zero-order valence-electron chi connectivity index (χ0n) is 10.7. The molecule has 0 aromatic rings. The van der Waals surface area contributed by atoms with Crippen LogP contribution in [-0.4, -0.2) is 43.2 Å². The molecule has 0 spiro atoms. The Bertz CT molecular complexity index is 492. The van der Waals surface area contributed by atoms with Crippen molar-refractivity contribution in [1.29, 1.82) is 0 Å². The molecule has 0 aliphatic carbocycles. The van der Waals surface area contributed by atoms with E-state index in [2.05, 4.69) is 10.3 Å². The molecule has 2 heterocycles. The first-order chi connectivity index (χ1) is 8.30. The predicted molar refractivity (Wildman–Crippen MR) is 77.3 cm³/mol. The highest BCUT2D eigenvalue weighted by atomic mass is 35.5. The summed E-state index contributed by atoms with van der Waals surface area (Å²) in [5, 5.41) is 2.74. The molecule has 0 radical (unpaired) electrons. The Morgan fingerprint density at radius 2 is 2.32 bits per heavy atom. The van der Waals surface area contributed by atoms with Gasteiger partial charge in [-0.1, -0.05) is 0 Å². The summed E-state index contributed by atoms with van der Waals surface area (Å²) < 4.78 is 24.8. The van der Waals surface area contributed by atoms with Crippen LogP contribution in [0.4, 0.5) is 0 Å². The average Bonchev–Trinajstić information content (AvgIpc) is 2.63. The minimum atomic E-state index is -3.18. The molecule has 0 amide bonds. The molecular formula is C10H20ClN5O2S. The summed E-state index contributed by atoms with van der Waals surface area (Å²) in [6.45, 7) is 0.556. The molecule has 2 aliphatic heterocycles. The van der Waals surface area contributed by atoms with Gasteiger partial charge in [-0.05, 0) is 18.9 Å². The number of nitrogens with zero attached hydrogens (tertiary/aromatic N) is 2. The molecule has 0 saturated carbocycles. The molecule has 2 aliphatic rings. The van der Waals surface area contributed by atoms with Gasteiger partial charge in [0.1, 0.15) is 5.66 Å². The normalized spacial score (nSPS) is 31.5. The molecule has 0 bridgehead atoms. The van der Waals surface area contributed by atoms with Gasteiger partial charge in [0.2, 0.25) is 10.0 Å². The lowest BCUT2D eigenvalue weighted by Crippen LogP contribution is -2.49. The third kappa shape index (κ3) is 3.82. The number of rotatable bonds is 3. The van der Waals surface area contributed by atoms with Crippen LogP contribution in [0.15, 0.2) is 17.3 Å². The van der Waals surface area contributed by atoms with E-state index in [0.717, 1.165) is 12.8 Å². The molecule has 2 unspecified atom stereocenters. The van der Waals surface area contributed by atoms with Crippen molar-refractivity contribution < 1.29 is 8.42 Å². The second kappa shape index (κ2) is 5.66. The van der Waals surface area contributed by atoms with Crippen LogP contribution in [0.2, 0.25) is 0 Å². The first-order valence-electron chi connectivity index (χ1n) is 5.85. The fourth-order valence-electron chi connectivity index (χ4n) is 2.51. The van der Waals surface area contributed by atoms with Gasteiger partial charge in [0.05, 0.1) is 6.26 Å². The van der Waals surface area contributed by atoms with Crippen molar-refractivity contribution in [3.63, 3.8) is 0 Å². The second-order valence-corrected chi connectivity index (χ2v) is 6.77. The van der Waals surface area contributed by atoms with E-state index in [-0.39, 0.29) is 24.4 Å². The monoisotopic (exact) mass is 309 g/mol. The van der Waals surface area contributed by atoms with Crippen LogP contribution in [0.5, 0.6) is 0 Å². The average molecular weight is 310 g/mol. The lowest BCUT2D eigenvalue weighted by molar-refractivity contribution is 0.323. The number of aliphatic imine (C=N–C) groups is 1. The summed E-state index contributed by atoms with van der Waals surface area (Å²) in [5.74, 6) is 0.254. The first-order valence-corrected chi connectivity index (χ1v) is 7.70. The fraction of sp³-hybridized carbons (Fsp3) is 0.700. The summed E-state index contributed by atoms with van der Waals surface area (Å²) in [4.78, 5) is 4.15. The lowest BCUT2D eigenvalue weighted by Gasteiger charge is -2.31. The maximum atomic E-state index is 11.6. The van der Waals surface area contributed by atoms with E-state index in [4.69, 9.17) is 11.5 Å². The minimum Gasteiger partial charge on any atom is -0.370 e. The number of guanidine groups is 1. The SMILES string of the molecule is CS(=O)(=O)N1CCCC1CC1(N)C=CNC(N)=N1.Cl. The van der Waals surface area contributed by atoms with Crippen molar-refractivity contribution in [2.75, 3.05) is 12.8 Å². The van der Waals surface area contributed by atoms with Crippen molar-refractivity contribution in [2.45, 2.75) is 31.0 Å². The highest BCUT2D eigenvalue weighted by Crippen LogP contribution is 2.28. The van der Waals surface area contributed by atoms with Crippen LogP contribution in [0.1, 0.15) is 19.3 Å². The number of sulfonamides is 1. The molecule has 0 aromatic heterocycles. The van der Waals surface area contributed by atoms with Gasteiger partial charge < -0.3 is 16.8 Å². The van der Waals surface area contributed by atoms with E-state index in [1.54, 1.807) is 12.3 Å². The Morgan fingerprint density at radius 3 is 2.89 bits per heavy atom. The molecule has 2 atom stereocenters. The van der Waals surface area contributed by atoms with E-state index in [1.165, 1.54) is 10.6 Å². The standard InChI is InChI=1S/C10H19N5O2S.ClH/c1-18(16,17)15-6-2-3-8(15)7-10(12)4-5-13-9(11)14-10;/h4-5,8H,2-3,6-7,12H2,1H3,(H3,11,13,14);1H. The molecule has 0 aromatic carbocycles. The van der Waals surface area contributed by atoms with E-state index in [0.29, 0.717) is 13.0 Å². The van der Waals surface area contributed by atoms with E-state index < -0.39 is 15.7 Å². The van der Waals surface area contributed by atoms with Gasteiger partial charge in [-0.3, -0.25) is 0 Å². The van der Waals surface area contributed by atoms with Crippen LogP contribution >= 0.6 is 12.4 Å². The second-order valence-electron chi connectivity index (χ2n) is 4.84. The van der Waals surface area contributed by atoms with Crippen LogP contribution in [0.25, 0.3) is 0 Å². The third-order valence-electron chi connectivity index (χ3n) is 3.24. The van der Waals surface area contributed by atoms with Gasteiger partial charge in [-0.2, -0.15) is 4.31 Å². The number of hydrogen-bond donors (Lipinski definition) is 3. The number of nitrogens with one attached hydrogen (secondary N) is 1. The highest BCUT2D eigenvalue weighted by molar-refractivity contribution is 7.88. The molecule has 19 heavy (non-hydrogen) atoms. The Balaban J connectivity index is 0.00000180. The van der Waals surface area contributed by atoms with Gasteiger partial charge in [0.15, 0.2) is 5.96 Å². The van der Waals surface area contributed by atoms with Crippen LogP contribution < -0.4 is 16.8 Å². The Labute approximate surface area is 119 Å². The smallest absolute Gasteiger partial charge is 0.211 e. The quantitative estimate of drug-likeness (QED) is 0.638. The molecule has 2 rings (SSSR count). The van der Waals surface area contributed by atoms with Crippen molar-refractivity contribution in [2.24, 2.45) is 16.5 Å². The number of hydrogen-bond acceptors (Lipinski definition) is 6. The Morgan fingerprint density at radius 1 is 1.63 bits per heavy atom. The maximum Gasteiger partial charge on any atom is 0.211 e. The van der Waals surface area contributed by atoms with Crippen LogP contribution in [0.3, 0.4) is 0 Å². The zero-order valence-corrected chi connectivity index (χ0v) is 12.4. The highest BCUT2D eigenvalue weighted by Gasteiger charge is 2.37.